The number of benzene rings is 2. The first kappa shape index (κ1) is 14.9. The zero-order chi connectivity index (χ0) is 16.7. The summed E-state index contributed by atoms with van der Waals surface area (Å²) in [6.45, 7) is 2.76. The highest BCUT2D eigenvalue weighted by molar-refractivity contribution is 7.25. The smallest absolute Gasteiger partial charge is 0.196 e. The second kappa shape index (κ2) is 5.76. The van der Waals surface area contributed by atoms with E-state index in [1.54, 1.807) is 18.4 Å². The molecule has 0 atom stereocenters. The molecule has 2 aromatic carbocycles. The Hall–Kier alpha value is -2.66. The molecular formula is C19H16N2O2S. The molecule has 0 unspecified atom stereocenters. The van der Waals surface area contributed by atoms with E-state index >= 15 is 0 Å². The lowest BCUT2D eigenvalue weighted by Gasteiger charge is -2.11. The molecule has 0 radical (unpaired) electrons. The maximum absolute atomic E-state index is 13.2. The summed E-state index contributed by atoms with van der Waals surface area (Å²) in [5.41, 5.74) is 0.850. The van der Waals surface area contributed by atoms with Crippen LogP contribution in [0.2, 0.25) is 0 Å². The number of hydrogen-bond acceptors (Lipinski definition) is 5. The van der Waals surface area contributed by atoms with Crippen molar-refractivity contribution in [3.05, 3.63) is 52.7 Å². The Labute approximate surface area is 142 Å². The maximum atomic E-state index is 13.2. The zero-order valence-electron chi connectivity index (χ0n) is 13.4. The Morgan fingerprint density at radius 3 is 2.67 bits per heavy atom. The van der Waals surface area contributed by atoms with Crippen LogP contribution in [0.1, 0.15) is 6.92 Å². The predicted molar refractivity (Wildman–Crippen MR) is 102 cm³/mol. The van der Waals surface area contributed by atoms with E-state index in [0.29, 0.717) is 11.1 Å². The molecule has 4 rings (SSSR count). The molecule has 0 saturated heterocycles. The Morgan fingerprint density at radius 1 is 1.08 bits per heavy atom. The second-order valence-corrected chi connectivity index (χ2v) is 6.50. The van der Waals surface area contributed by atoms with Gasteiger partial charge in [0.25, 0.3) is 0 Å². The molecule has 4 aromatic rings. The average Bonchev–Trinajstić information content (AvgIpc) is 2.62. The van der Waals surface area contributed by atoms with Crippen LogP contribution in [0, 0.1) is 0 Å². The summed E-state index contributed by atoms with van der Waals surface area (Å²) in [7, 11) is 1.63. The summed E-state index contributed by atoms with van der Waals surface area (Å²) in [6.07, 6.45) is 0. The number of fused-ring (bicyclic) bond motifs is 4. The van der Waals surface area contributed by atoms with Crippen molar-refractivity contribution in [3.63, 3.8) is 0 Å². The number of nitrogens with zero attached hydrogens (tertiary/aromatic N) is 1. The van der Waals surface area contributed by atoms with Gasteiger partial charge in [0.1, 0.15) is 11.6 Å². The van der Waals surface area contributed by atoms with E-state index in [1.165, 1.54) is 0 Å². The first-order valence-corrected chi connectivity index (χ1v) is 8.62. The van der Waals surface area contributed by atoms with Crippen molar-refractivity contribution in [2.45, 2.75) is 6.92 Å². The van der Waals surface area contributed by atoms with Gasteiger partial charge >= 0.3 is 0 Å². The number of rotatable bonds is 3. The summed E-state index contributed by atoms with van der Waals surface area (Å²) >= 11 is 1.55. The highest BCUT2D eigenvalue weighted by atomic mass is 32.1. The third-order valence-corrected chi connectivity index (χ3v) is 5.29. The monoisotopic (exact) mass is 336 g/mol. The largest absolute Gasteiger partial charge is 0.495 e. The first-order chi connectivity index (χ1) is 11.7. The highest BCUT2D eigenvalue weighted by Gasteiger charge is 2.16. The quantitative estimate of drug-likeness (QED) is 0.445. The van der Waals surface area contributed by atoms with Gasteiger partial charge in [0.2, 0.25) is 0 Å². The van der Waals surface area contributed by atoms with Crippen molar-refractivity contribution in [1.82, 2.24) is 4.98 Å². The minimum Gasteiger partial charge on any atom is -0.495 e. The Kier molecular flexibility index (Phi) is 3.58. The van der Waals surface area contributed by atoms with E-state index in [-0.39, 0.29) is 5.43 Å². The van der Waals surface area contributed by atoms with Gasteiger partial charge in [0, 0.05) is 17.3 Å². The van der Waals surface area contributed by atoms with Crippen molar-refractivity contribution >= 4 is 48.2 Å². The molecule has 2 heterocycles. The van der Waals surface area contributed by atoms with Crippen LogP contribution in [0.5, 0.6) is 5.75 Å². The van der Waals surface area contributed by atoms with E-state index in [9.17, 15) is 4.79 Å². The minimum atomic E-state index is 0.0235. The normalized spacial score (nSPS) is 11.2. The molecule has 0 bridgehead atoms. The standard InChI is InChI=1S/C19H16N2O2S/c1-3-20-19-18-15(11-7-4-5-9-13(11)21-19)16(22)12-8-6-10-14(23-2)17(12)24-18/h4-10H,3H2,1-2H3,(H,20,21). The van der Waals surface area contributed by atoms with Crippen LogP contribution >= 0.6 is 11.3 Å². The van der Waals surface area contributed by atoms with Crippen molar-refractivity contribution in [1.29, 1.82) is 0 Å². The molecule has 0 aliphatic carbocycles. The zero-order valence-corrected chi connectivity index (χ0v) is 14.2. The first-order valence-electron chi connectivity index (χ1n) is 7.80. The van der Waals surface area contributed by atoms with Crippen molar-refractivity contribution in [3.8, 4) is 5.75 Å². The van der Waals surface area contributed by atoms with Gasteiger partial charge < -0.3 is 10.1 Å². The Balaban J connectivity index is 2.29. The molecule has 0 saturated carbocycles. The third-order valence-electron chi connectivity index (χ3n) is 4.07. The molecule has 0 spiro atoms. The van der Waals surface area contributed by atoms with Gasteiger partial charge in [0.15, 0.2) is 5.43 Å². The van der Waals surface area contributed by atoms with Crippen LogP contribution in [0.25, 0.3) is 31.1 Å². The van der Waals surface area contributed by atoms with Crippen LogP contribution in [0.4, 0.5) is 5.82 Å². The maximum Gasteiger partial charge on any atom is 0.196 e. The highest BCUT2D eigenvalue weighted by Crippen LogP contribution is 2.37. The lowest BCUT2D eigenvalue weighted by Crippen LogP contribution is -2.06. The van der Waals surface area contributed by atoms with Gasteiger partial charge in [-0.1, -0.05) is 24.3 Å². The number of ether oxygens (including phenoxy) is 1. The molecule has 0 amide bonds. The molecular weight excluding hydrogens is 320 g/mol. The number of nitrogens with one attached hydrogen (secondary N) is 1. The average molecular weight is 336 g/mol. The van der Waals surface area contributed by atoms with Crippen LogP contribution < -0.4 is 15.5 Å². The van der Waals surface area contributed by atoms with Gasteiger partial charge in [-0.25, -0.2) is 4.98 Å². The van der Waals surface area contributed by atoms with E-state index in [4.69, 9.17) is 9.72 Å². The van der Waals surface area contributed by atoms with Gasteiger partial charge in [0.05, 0.1) is 27.4 Å². The number of anilines is 1. The van der Waals surface area contributed by atoms with Crippen molar-refractivity contribution in [2.24, 2.45) is 0 Å². The number of methoxy groups -OCH3 is 1. The lowest BCUT2D eigenvalue weighted by atomic mass is 10.1. The molecule has 120 valence electrons. The van der Waals surface area contributed by atoms with Crippen LogP contribution in [-0.4, -0.2) is 18.6 Å². The predicted octanol–water partition coefficient (Wildman–Crippen LogP) is 4.40. The molecule has 0 fully saturated rings. The summed E-state index contributed by atoms with van der Waals surface area (Å²) in [4.78, 5) is 17.9. The summed E-state index contributed by atoms with van der Waals surface area (Å²) in [6, 6.07) is 13.4. The van der Waals surface area contributed by atoms with Gasteiger partial charge in [-0.2, -0.15) is 0 Å². The van der Waals surface area contributed by atoms with E-state index < -0.39 is 0 Å². The van der Waals surface area contributed by atoms with E-state index in [2.05, 4.69) is 5.32 Å². The molecule has 1 N–H and O–H groups in total. The van der Waals surface area contributed by atoms with Crippen molar-refractivity contribution in [2.75, 3.05) is 19.0 Å². The van der Waals surface area contributed by atoms with Gasteiger partial charge in [-0.15, -0.1) is 11.3 Å². The SMILES string of the molecule is CCNc1nc2ccccc2c2c(=O)c3cccc(OC)c3sc12. The number of hydrogen-bond donors (Lipinski definition) is 1. The fourth-order valence-corrected chi connectivity index (χ4v) is 4.25. The minimum absolute atomic E-state index is 0.0235. The molecule has 5 heteroatoms. The van der Waals surface area contributed by atoms with Gasteiger partial charge in [-0.3, -0.25) is 4.79 Å². The number of pyridine rings is 1. The van der Waals surface area contributed by atoms with Crippen LogP contribution in [-0.2, 0) is 0 Å². The Bertz CT molecular complexity index is 1130. The second-order valence-electron chi connectivity index (χ2n) is 5.48. The lowest BCUT2D eigenvalue weighted by molar-refractivity contribution is 0.420. The third kappa shape index (κ3) is 2.12. The Morgan fingerprint density at radius 2 is 1.88 bits per heavy atom. The molecule has 2 aromatic heterocycles. The molecule has 0 aliphatic heterocycles. The fourth-order valence-electron chi connectivity index (χ4n) is 3.00. The van der Waals surface area contributed by atoms with E-state index in [0.717, 1.165) is 38.1 Å². The fraction of sp³-hybridized carbons (Fsp3) is 0.158. The topological polar surface area (TPSA) is 51.2 Å². The van der Waals surface area contributed by atoms with Gasteiger partial charge in [-0.05, 0) is 25.1 Å². The summed E-state index contributed by atoms with van der Waals surface area (Å²) < 4.78 is 7.18. The number of para-hydroxylation sites is 1. The van der Waals surface area contributed by atoms with Crippen molar-refractivity contribution < 1.29 is 4.74 Å². The van der Waals surface area contributed by atoms with Crippen LogP contribution in [0.3, 0.4) is 0 Å². The van der Waals surface area contributed by atoms with E-state index in [1.807, 2.05) is 49.4 Å². The number of aromatic nitrogens is 1. The summed E-state index contributed by atoms with van der Waals surface area (Å²) in [5, 5.41) is 5.59. The molecule has 24 heavy (non-hydrogen) atoms. The van der Waals surface area contributed by atoms with Crippen LogP contribution in [0.15, 0.2) is 47.3 Å². The molecule has 0 aliphatic rings. The molecule has 4 nitrogen and oxygen atoms in total. The summed E-state index contributed by atoms with van der Waals surface area (Å²) in [5.74, 6) is 1.47.